The standard InChI is InChI=1S/C21H26N6O2.HI/c1-16(29-19-11-7-10-18(12-19)28-3)13-23-21(22-2)24-14-20-26-25-15-27(20)17-8-5-4-6-9-17;/h4-12,15-16H,13-14H2,1-3H3,(H2,22,23,24);1H. The highest BCUT2D eigenvalue weighted by molar-refractivity contribution is 14.0. The van der Waals surface area contributed by atoms with Crippen LogP contribution in [0.4, 0.5) is 0 Å². The number of hydrogen-bond donors (Lipinski definition) is 2. The summed E-state index contributed by atoms with van der Waals surface area (Å²) in [6, 6.07) is 17.5. The average molecular weight is 522 g/mol. The van der Waals surface area contributed by atoms with Gasteiger partial charge in [-0.1, -0.05) is 24.3 Å². The van der Waals surface area contributed by atoms with Crippen LogP contribution in [0, 0.1) is 0 Å². The van der Waals surface area contributed by atoms with Gasteiger partial charge in [-0.2, -0.15) is 0 Å². The third-order valence-electron chi connectivity index (χ3n) is 4.23. The van der Waals surface area contributed by atoms with E-state index in [9.17, 15) is 0 Å². The number of nitrogens with one attached hydrogen (secondary N) is 2. The van der Waals surface area contributed by atoms with Crippen LogP contribution in [0.1, 0.15) is 12.7 Å². The van der Waals surface area contributed by atoms with Crippen molar-refractivity contribution >= 4 is 29.9 Å². The van der Waals surface area contributed by atoms with Crippen molar-refractivity contribution in [2.45, 2.75) is 19.6 Å². The van der Waals surface area contributed by atoms with Crippen LogP contribution < -0.4 is 20.1 Å². The van der Waals surface area contributed by atoms with Crippen LogP contribution in [0.2, 0.25) is 0 Å². The molecular formula is C21H27IN6O2. The number of ether oxygens (including phenoxy) is 2. The molecule has 2 N–H and O–H groups in total. The van der Waals surface area contributed by atoms with E-state index in [0.717, 1.165) is 23.0 Å². The number of aromatic nitrogens is 3. The van der Waals surface area contributed by atoms with Gasteiger partial charge >= 0.3 is 0 Å². The highest BCUT2D eigenvalue weighted by Gasteiger charge is 2.09. The first kappa shape index (κ1) is 23.5. The van der Waals surface area contributed by atoms with Gasteiger partial charge in [0, 0.05) is 18.8 Å². The van der Waals surface area contributed by atoms with Crippen molar-refractivity contribution < 1.29 is 9.47 Å². The monoisotopic (exact) mass is 522 g/mol. The molecule has 2 aromatic carbocycles. The van der Waals surface area contributed by atoms with E-state index < -0.39 is 0 Å². The van der Waals surface area contributed by atoms with Crippen LogP contribution in [-0.4, -0.2) is 47.5 Å². The SMILES string of the molecule is CN=C(NCc1nncn1-c1ccccc1)NCC(C)Oc1cccc(OC)c1.I. The minimum atomic E-state index is -0.0615. The zero-order valence-corrected chi connectivity index (χ0v) is 19.6. The Kier molecular flexibility index (Phi) is 9.39. The first-order valence-electron chi connectivity index (χ1n) is 9.39. The first-order valence-corrected chi connectivity index (χ1v) is 9.39. The molecule has 1 heterocycles. The van der Waals surface area contributed by atoms with Gasteiger partial charge in [0.1, 0.15) is 23.9 Å². The number of rotatable bonds is 8. The molecule has 1 aromatic heterocycles. The van der Waals surface area contributed by atoms with Crippen LogP contribution in [-0.2, 0) is 6.54 Å². The fourth-order valence-corrected chi connectivity index (χ4v) is 2.76. The van der Waals surface area contributed by atoms with Crippen LogP contribution in [0.3, 0.4) is 0 Å². The lowest BCUT2D eigenvalue weighted by molar-refractivity contribution is 0.223. The van der Waals surface area contributed by atoms with Crippen molar-refractivity contribution in [2.75, 3.05) is 20.7 Å². The molecule has 0 aliphatic carbocycles. The zero-order chi connectivity index (χ0) is 20.5. The number of guanidine groups is 1. The molecule has 3 rings (SSSR count). The Labute approximate surface area is 193 Å². The van der Waals surface area contributed by atoms with Gasteiger partial charge in [0.2, 0.25) is 0 Å². The molecule has 1 atom stereocenters. The van der Waals surface area contributed by atoms with Crippen LogP contribution in [0.5, 0.6) is 11.5 Å². The summed E-state index contributed by atoms with van der Waals surface area (Å²) in [6.45, 7) is 3.06. The Morgan fingerprint density at radius 2 is 1.87 bits per heavy atom. The highest BCUT2D eigenvalue weighted by atomic mass is 127. The summed E-state index contributed by atoms with van der Waals surface area (Å²) in [5.41, 5.74) is 1.01. The van der Waals surface area contributed by atoms with Crippen molar-refractivity contribution in [1.82, 2.24) is 25.4 Å². The first-order chi connectivity index (χ1) is 14.2. The molecule has 30 heavy (non-hydrogen) atoms. The van der Waals surface area contributed by atoms with E-state index in [1.807, 2.05) is 66.1 Å². The Bertz CT molecular complexity index is 932. The van der Waals surface area contributed by atoms with Gasteiger partial charge in [0.15, 0.2) is 11.8 Å². The predicted molar refractivity (Wildman–Crippen MR) is 128 cm³/mol. The maximum absolute atomic E-state index is 5.93. The van der Waals surface area contributed by atoms with Crippen LogP contribution in [0.15, 0.2) is 65.9 Å². The summed E-state index contributed by atoms with van der Waals surface area (Å²) < 4.78 is 13.1. The lowest BCUT2D eigenvalue weighted by atomic mass is 10.3. The Morgan fingerprint density at radius 3 is 2.60 bits per heavy atom. The second-order valence-electron chi connectivity index (χ2n) is 6.37. The van der Waals surface area contributed by atoms with Crippen molar-refractivity contribution in [3.05, 3.63) is 66.7 Å². The van der Waals surface area contributed by atoms with E-state index >= 15 is 0 Å². The topological polar surface area (TPSA) is 85.6 Å². The molecule has 9 heteroatoms. The van der Waals surface area contributed by atoms with E-state index in [4.69, 9.17) is 9.47 Å². The Balaban J connectivity index is 0.00000320. The number of methoxy groups -OCH3 is 1. The molecule has 0 saturated heterocycles. The maximum atomic E-state index is 5.93. The van der Waals surface area contributed by atoms with Gasteiger partial charge < -0.3 is 20.1 Å². The third-order valence-corrected chi connectivity index (χ3v) is 4.23. The molecule has 160 valence electrons. The van der Waals surface area contributed by atoms with E-state index in [0.29, 0.717) is 19.0 Å². The van der Waals surface area contributed by atoms with Crippen LogP contribution in [0.25, 0.3) is 5.69 Å². The normalized spacial score (nSPS) is 11.9. The Morgan fingerprint density at radius 1 is 1.10 bits per heavy atom. The number of halogens is 1. The molecule has 8 nitrogen and oxygen atoms in total. The maximum Gasteiger partial charge on any atom is 0.191 e. The fraction of sp³-hybridized carbons (Fsp3) is 0.286. The third kappa shape index (κ3) is 6.61. The Hall–Kier alpha value is -2.82. The quantitative estimate of drug-likeness (QED) is 0.269. The van der Waals surface area contributed by atoms with Gasteiger partial charge in [-0.05, 0) is 31.2 Å². The summed E-state index contributed by atoms with van der Waals surface area (Å²) in [4.78, 5) is 4.26. The van der Waals surface area contributed by atoms with Crippen LogP contribution >= 0.6 is 24.0 Å². The van der Waals surface area contributed by atoms with Crippen molar-refractivity contribution in [1.29, 1.82) is 0 Å². The molecule has 0 fully saturated rings. The second-order valence-corrected chi connectivity index (χ2v) is 6.37. The smallest absolute Gasteiger partial charge is 0.191 e. The zero-order valence-electron chi connectivity index (χ0n) is 17.3. The molecule has 0 aliphatic rings. The molecule has 0 spiro atoms. The summed E-state index contributed by atoms with van der Waals surface area (Å²) in [5.74, 6) is 2.98. The van der Waals surface area contributed by atoms with Gasteiger partial charge in [0.05, 0.1) is 20.2 Å². The number of benzene rings is 2. The second kappa shape index (κ2) is 12.0. The molecule has 3 aromatic rings. The van der Waals surface area contributed by atoms with Gasteiger partial charge in [-0.15, -0.1) is 34.2 Å². The molecule has 0 radical (unpaired) electrons. The minimum Gasteiger partial charge on any atom is -0.497 e. The molecule has 0 bridgehead atoms. The fourth-order valence-electron chi connectivity index (χ4n) is 2.76. The number of nitrogens with zero attached hydrogens (tertiary/aromatic N) is 4. The molecule has 0 amide bonds. The largest absolute Gasteiger partial charge is 0.497 e. The minimum absolute atomic E-state index is 0. The summed E-state index contributed by atoms with van der Waals surface area (Å²) in [7, 11) is 3.36. The van der Waals surface area contributed by atoms with Gasteiger partial charge in [0.25, 0.3) is 0 Å². The van der Waals surface area contributed by atoms with Gasteiger partial charge in [-0.25, -0.2) is 0 Å². The summed E-state index contributed by atoms with van der Waals surface area (Å²) in [6.07, 6.45) is 1.64. The molecular weight excluding hydrogens is 495 g/mol. The number of para-hydroxylation sites is 1. The molecule has 1 unspecified atom stereocenters. The molecule has 0 saturated carbocycles. The number of aliphatic imine (C=N–C) groups is 1. The summed E-state index contributed by atoms with van der Waals surface area (Å²) >= 11 is 0. The van der Waals surface area contributed by atoms with E-state index in [1.165, 1.54) is 0 Å². The predicted octanol–water partition coefficient (Wildman–Crippen LogP) is 3.03. The average Bonchev–Trinajstić information content (AvgIpc) is 3.23. The number of hydrogen-bond acceptors (Lipinski definition) is 5. The summed E-state index contributed by atoms with van der Waals surface area (Å²) in [5, 5.41) is 14.7. The highest BCUT2D eigenvalue weighted by Crippen LogP contribution is 2.19. The van der Waals surface area contributed by atoms with Crippen molar-refractivity contribution in [3.63, 3.8) is 0 Å². The van der Waals surface area contributed by atoms with E-state index in [2.05, 4.69) is 25.8 Å². The van der Waals surface area contributed by atoms with E-state index in [-0.39, 0.29) is 30.1 Å². The molecule has 0 aliphatic heterocycles. The van der Waals surface area contributed by atoms with Gasteiger partial charge in [-0.3, -0.25) is 9.56 Å². The lowest BCUT2D eigenvalue weighted by Crippen LogP contribution is -2.41. The lowest BCUT2D eigenvalue weighted by Gasteiger charge is -2.18. The van der Waals surface area contributed by atoms with Crippen molar-refractivity contribution in [2.24, 2.45) is 4.99 Å². The van der Waals surface area contributed by atoms with E-state index in [1.54, 1.807) is 20.5 Å². The van der Waals surface area contributed by atoms with Crippen molar-refractivity contribution in [3.8, 4) is 17.2 Å².